The van der Waals surface area contributed by atoms with Gasteiger partial charge < -0.3 is 10.6 Å². The average molecular weight is 641 g/mol. The van der Waals surface area contributed by atoms with E-state index in [4.69, 9.17) is 34.8 Å². The summed E-state index contributed by atoms with van der Waals surface area (Å²) < 4.78 is 0. The van der Waals surface area contributed by atoms with E-state index in [0.717, 1.165) is 23.1 Å². The van der Waals surface area contributed by atoms with Crippen molar-refractivity contribution in [3.05, 3.63) is 101 Å². The third-order valence-corrected chi connectivity index (χ3v) is 6.04. The first-order valence-electron chi connectivity index (χ1n) is 13.5. The van der Waals surface area contributed by atoms with Gasteiger partial charge in [-0.3, -0.25) is 9.69 Å². The van der Waals surface area contributed by atoms with E-state index < -0.39 is 0 Å². The number of hydrogen-bond donors (Lipinski definition) is 2. The van der Waals surface area contributed by atoms with Crippen molar-refractivity contribution in [1.82, 2.24) is 29.9 Å². The first kappa shape index (κ1) is 33.4. The van der Waals surface area contributed by atoms with Gasteiger partial charge in [0.15, 0.2) is 0 Å². The van der Waals surface area contributed by atoms with Crippen LogP contribution in [0.4, 0.5) is 17.6 Å². The summed E-state index contributed by atoms with van der Waals surface area (Å²) in [6.45, 7) is 9.35. The summed E-state index contributed by atoms with van der Waals surface area (Å²) in [6.07, 6.45) is 4.79. The SMILES string of the molecule is CCN(C(=O)c1ccc2ccccc2c1)c1ccnc(NC(C)C)n1.CCNc1ccnc(Cl)n1.Clc1ccnc(Cl)n1. The van der Waals surface area contributed by atoms with Gasteiger partial charge in [0.1, 0.15) is 16.8 Å². The highest BCUT2D eigenvalue weighted by Crippen LogP contribution is 2.20. The van der Waals surface area contributed by atoms with Gasteiger partial charge in [-0.2, -0.15) is 4.98 Å². The number of carbonyl (C=O) groups is 1. The molecule has 2 aromatic carbocycles. The van der Waals surface area contributed by atoms with Crippen LogP contribution in [0.3, 0.4) is 0 Å². The molecule has 0 aliphatic rings. The van der Waals surface area contributed by atoms with E-state index in [0.29, 0.717) is 29.0 Å². The van der Waals surface area contributed by atoms with Crippen LogP contribution in [0, 0.1) is 0 Å². The van der Waals surface area contributed by atoms with Crippen LogP contribution < -0.4 is 15.5 Å². The molecule has 1 amide bonds. The Kier molecular flexibility index (Phi) is 13.3. The van der Waals surface area contributed by atoms with Crippen LogP contribution in [0.2, 0.25) is 15.7 Å². The molecule has 10 nitrogen and oxygen atoms in total. The Morgan fingerprint density at radius 3 is 2.09 bits per heavy atom. The van der Waals surface area contributed by atoms with Crippen molar-refractivity contribution in [2.24, 2.45) is 0 Å². The van der Waals surface area contributed by atoms with E-state index in [1.807, 2.05) is 70.2 Å². The highest BCUT2D eigenvalue weighted by atomic mass is 35.5. The first-order valence-corrected chi connectivity index (χ1v) is 14.6. The maximum absolute atomic E-state index is 13.0. The Bertz CT molecular complexity index is 1600. The lowest BCUT2D eigenvalue weighted by Gasteiger charge is -2.21. The third-order valence-electron chi connectivity index (χ3n) is 5.47. The van der Waals surface area contributed by atoms with Crippen LogP contribution >= 0.6 is 34.8 Å². The molecule has 0 aliphatic carbocycles. The Hall–Kier alpha value is -4.12. The van der Waals surface area contributed by atoms with Gasteiger partial charge in [-0.25, -0.2) is 24.9 Å². The second-order valence-electron chi connectivity index (χ2n) is 9.04. The quantitative estimate of drug-likeness (QED) is 0.138. The zero-order valence-electron chi connectivity index (χ0n) is 24.2. The van der Waals surface area contributed by atoms with E-state index in [9.17, 15) is 4.79 Å². The lowest BCUT2D eigenvalue weighted by molar-refractivity contribution is 0.0987. The summed E-state index contributed by atoms with van der Waals surface area (Å²) in [5.41, 5.74) is 0.650. The number of hydrogen-bond acceptors (Lipinski definition) is 9. The zero-order chi connectivity index (χ0) is 31.2. The van der Waals surface area contributed by atoms with Crippen molar-refractivity contribution in [2.45, 2.75) is 33.7 Å². The Morgan fingerprint density at radius 1 is 0.814 bits per heavy atom. The molecule has 0 aliphatic heterocycles. The second-order valence-corrected chi connectivity index (χ2v) is 10.1. The molecule has 0 saturated carbocycles. The number of aromatic nitrogens is 6. The van der Waals surface area contributed by atoms with Crippen LogP contribution in [0.5, 0.6) is 0 Å². The Labute approximate surface area is 265 Å². The van der Waals surface area contributed by atoms with Crippen LogP contribution in [0.1, 0.15) is 38.1 Å². The van der Waals surface area contributed by atoms with Crippen molar-refractivity contribution in [1.29, 1.82) is 0 Å². The van der Waals surface area contributed by atoms with E-state index in [1.54, 1.807) is 35.5 Å². The monoisotopic (exact) mass is 639 g/mol. The fourth-order valence-electron chi connectivity index (χ4n) is 3.64. The smallest absolute Gasteiger partial charge is 0.259 e. The maximum atomic E-state index is 13.0. The van der Waals surface area contributed by atoms with Crippen molar-refractivity contribution in [2.75, 3.05) is 28.6 Å². The molecule has 0 spiro atoms. The number of anilines is 3. The van der Waals surface area contributed by atoms with Gasteiger partial charge in [-0.15, -0.1) is 0 Å². The largest absolute Gasteiger partial charge is 0.370 e. The molecule has 0 unspecified atom stereocenters. The molecule has 5 aromatic rings. The molecule has 2 N–H and O–H groups in total. The van der Waals surface area contributed by atoms with E-state index in [1.165, 1.54) is 6.20 Å². The molecule has 3 heterocycles. The number of fused-ring (bicyclic) bond motifs is 1. The minimum absolute atomic E-state index is 0.0672. The van der Waals surface area contributed by atoms with Crippen molar-refractivity contribution >= 4 is 69.1 Å². The topological polar surface area (TPSA) is 122 Å². The fraction of sp³-hybridized carbons (Fsp3) is 0.233. The molecule has 0 fully saturated rings. The summed E-state index contributed by atoms with van der Waals surface area (Å²) in [5, 5.41) is 9.17. The summed E-state index contributed by atoms with van der Waals surface area (Å²) >= 11 is 16.3. The van der Waals surface area contributed by atoms with Gasteiger partial charge in [0.05, 0.1) is 0 Å². The summed E-state index contributed by atoms with van der Waals surface area (Å²) in [6, 6.07) is 19.1. The molecular formula is C30H32Cl3N9O. The number of benzene rings is 2. The number of amides is 1. The molecule has 5 rings (SSSR count). The number of halogens is 3. The van der Waals surface area contributed by atoms with Crippen molar-refractivity contribution in [3.8, 4) is 0 Å². The number of nitrogens with one attached hydrogen (secondary N) is 2. The summed E-state index contributed by atoms with van der Waals surface area (Å²) in [7, 11) is 0. The van der Waals surface area contributed by atoms with Crippen molar-refractivity contribution < 1.29 is 4.79 Å². The number of rotatable bonds is 7. The molecule has 13 heteroatoms. The lowest BCUT2D eigenvalue weighted by Crippen LogP contribution is -2.31. The Balaban J connectivity index is 0.000000229. The minimum Gasteiger partial charge on any atom is -0.370 e. The molecule has 0 saturated heterocycles. The third kappa shape index (κ3) is 10.9. The second kappa shape index (κ2) is 17.1. The first-order chi connectivity index (χ1) is 20.7. The predicted molar refractivity (Wildman–Crippen MR) is 175 cm³/mol. The molecular weight excluding hydrogens is 609 g/mol. The average Bonchev–Trinajstić information content (AvgIpc) is 2.98. The summed E-state index contributed by atoms with van der Waals surface area (Å²) in [5.74, 6) is 1.82. The zero-order valence-corrected chi connectivity index (χ0v) is 26.4. The van der Waals surface area contributed by atoms with Gasteiger partial charge >= 0.3 is 0 Å². The molecule has 0 radical (unpaired) electrons. The molecule has 3 aromatic heterocycles. The standard InChI is InChI=1S/C20H22N4O.C6H8ClN3.C4H2Cl2N2/c1-4-24(18-11-12-21-20(23-18)22-14(2)3)19(25)17-10-9-15-7-5-6-8-16(15)13-17;1-2-8-5-3-4-9-6(7)10-5;5-3-1-2-7-4(6)8-3/h5-14H,4H2,1-3H3,(H,21,22,23);3-4H,2H2,1H3,(H,8,9,10);1-2H. The van der Waals surface area contributed by atoms with Crippen LogP contribution in [-0.2, 0) is 0 Å². The maximum Gasteiger partial charge on any atom is 0.259 e. The normalized spacial score (nSPS) is 10.2. The molecule has 43 heavy (non-hydrogen) atoms. The van der Waals surface area contributed by atoms with Gasteiger partial charge in [-0.1, -0.05) is 41.9 Å². The molecule has 0 atom stereocenters. The minimum atomic E-state index is -0.0672. The highest BCUT2D eigenvalue weighted by Gasteiger charge is 2.18. The summed E-state index contributed by atoms with van der Waals surface area (Å²) in [4.78, 5) is 38.2. The van der Waals surface area contributed by atoms with Gasteiger partial charge in [0.2, 0.25) is 16.5 Å². The predicted octanol–water partition coefficient (Wildman–Crippen LogP) is 7.46. The molecule has 0 bridgehead atoms. The van der Waals surface area contributed by atoms with Crippen LogP contribution in [-0.4, -0.2) is 54.9 Å². The van der Waals surface area contributed by atoms with Crippen molar-refractivity contribution in [3.63, 3.8) is 0 Å². The van der Waals surface area contributed by atoms with Gasteiger partial charge in [0.25, 0.3) is 5.91 Å². The van der Waals surface area contributed by atoms with Gasteiger partial charge in [0, 0.05) is 43.3 Å². The van der Waals surface area contributed by atoms with E-state index in [2.05, 4.69) is 40.5 Å². The van der Waals surface area contributed by atoms with Gasteiger partial charge in [-0.05, 0) is 92.0 Å². The highest BCUT2D eigenvalue weighted by molar-refractivity contribution is 6.31. The number of nitrogens with zero attached hydrogens (tertiary/aromatic N) is 7. The fourth-order valence-corrected chi connectivity index (χ4v) is 4.12. The van der Waals surface area contributed by atoms with Crippen LogP contribution in [0.15, 0.2) is 79.3 Å². The van der Waals surface area contributed by atoms with E-state index in [-0.39, 0.29) is 22.5 Å². The number of carbonyl (C=O) groups excluding carboxylic acids is 1. The Morgan fingerprint density at radius 2 is 1.49 bits per heavy atom. The van der Waals surface area contributed by atoms with E-state index >= 15 is 0 Å². The lowest BCUT2D eigenvalue weighted by atomic mass is 10.1. The van der Waals surface area contributed by atoms with Crippen LogP contribution in [0.25, 0.3) is 10.8 Å². The molecule has 224 valence electrons.